The second-order valence-electron chi connectivity index (χ2n) is 4.04. The second-order valence-corrected chi connectivity index (χ2v) is 4.04. The summed E-state index contributed by atoms with van der Waals surface area (Å²) in [6, 6.07) is 5.17. The van der Waals surface area contributed by atoms with Crippen molar-refractivity contribution in [1.29, 1.82) is 0 Å². The molecule has 19 heavy (non-hydrogen) atoms. The molecule has 2 rings (SSSR count). The molecular weight excluding hydrogens is 252 g/mol. The first-order valence-corrected chi connectivity index (χ1v) is 5.75. The van der Waals surface area contributed by atoms with Crippen LogP contribution in [0, 0.1) is 10.1 Å². The Hall–Kier alpha value is -2.28. The van der Waals surface area contributed by atoms with Crippen LogP contribution in [0.1, 0.15) is 10.4 Å². The average molecular weight is 264 g/mol. The Labute approximate surface area is 108 Å². The van der Waals surface area contributed by atoms with Gasteiger partial charge in [0.15, 0.2) is 0 Å². The number of carbonyl (C=O) groups excluding carboxylic acids is 2. The molecule has 0 radical (unpaired) electrons. The highest BCUT2D eigenvalue weighted by atomic mass is 16.6. The van der Waals surface area contributed by atoms with Gasteiger partial charge in [-0.15, -0.1) is 0 Å². The van der Waals surface area contributed by atoms with Gasteiger partial charge in [-0.3, -0.25) is 19.7 Å². The normalized spacial score (nSPS) is 15.1. The maximum Gasteiger partial charge on any atom is 0.295 e. The van der Waals surface area contributed by atoms with Crippen LogP contribution in [0.3, 0.4) is 0 Å². The first-order valence-electron chi connectivity index (χ1n) is 5.75. The molecule has 0 aliphatic carbocycles. The summed E-state index contributed by atoms with van der Waals surface area (Å²) in [5, 5.41) is 10.6. The van der Waals surface area contributed by atoms with Crippen LogP contribution in [0.4, 0.5) is 5.69 Å². The van der Waals surface area contributed by atoms with Gasteiger partial charge in [-0.2, -0.15) is 0 Å². The molecule has 1 aromatic rings. The zero-order valence-electron chi connectivity index (χ0n) is 10.1. The van der Waals surface area contributed by atoms with Crippen molar-refractivity contribution < 1.29 is 19.2 Å². The summed E-state index contributed by atoms with van der Waals surface area (Å²) in [7, 11) is 0. The minimum absolute atomic E-state index is 0.0330. The van der Waals surface area contributed by atoms with Gasteiger partial charge in [-0.1, -0.05) is 12.1 Å². The highest BCUT2D eigenvalue weighted by Gasteiger charge is 2.25. The summed E-state index contributed by atoms with van der Waals surface area (Å²) in [5.41, 5.74) is -0.175. The van der Waals surface area contributed by atoms with E-state index in [0.717, 1.165) is 6.07 Å². The SMILES string of the molecule is O=C(C(=O)N1CCOCC1)c1cccc([N+](=O)[O-])c1. The molecular formula is C12H12N2O5. The summed E-state index contributed by atoms with van der Waals surface area (Å²) in [6.07, 6.45) is 0. The molecule has 0 unspecified atom stereocenters. The second kappa shape index (κ2) is 5.57. The molecule has 0 atom stereocenters. The summed E-state index contributed by atoms with van der Waals surface area (Å²) < 4.78 is 5.09. The molecule has 1 aliphatic heterocycles. The first kappa shape index (κ1) is 13.2. The van der Waals surface area contributed by atoms with E-state index >= 15 is 0 Å². The van der Waals surface area contributed by atoms with Gasteiger partial charge in [-0.05, 0) is 0 Å². The van der Waals surface area contributed by atoms with Crippen molar-refractivity contribution in [3.8, 4) is 0 Å². The third-order valence-corrected chi connectivity index (χ3v) is 2.81. The van der Waals surface area contributed by atoms with E-state index in [-0.39, 0.29) is 11.3 Å². The summed E-state index contributed by atoms with van der Waals surface area (Å²) in [5.74, 6) is -1.38. The lowest BCUT2D eigenvalue weighted by molar-refractivity contribution is -0.384. The lowest BCUT2D eigenvalue weighted by Gasteiger charge is -2.26. The van der Waals surface area contributed by atoms with Crippen LogP contribution < -0.4 is 0 Å². The number of rotatable bonds is 3. The average Bonchev–Trinajstić information content (AvgIpc) is 2.46. The monoisotopic (exact) mass is 264 g/mol. The van der Waals surface area contributed by atoms with Crippen molar-refractivity contribution >= 4 is 17.4 Å². The number of hydrogen-bond donors (Lipinski definition) is 0. The standard InChI is InChI=1S/C12H12N2O5/c15-11(12(16)13-4-6-19-7-5-13)9-2-1-3-10(8-9)14(17)18/h1-3,8H,4-7H2. The fourth-order valence-corrected chi connectivity index (χ4v) is 1.79. The molecule has 0 spiro atoms. The maximum atomic E-state index is 12.0. The molecule has 1 heterocycles. The van der Waals surface area contributed by atoms with E-state index in [9.17, 15) is 19.7 Å². The molecule has 1 saturated heterocycles. The Kier molecular flexibility index (Phi) is 3.86. The molecule has 1 fully saturated rings. The number of amides is 1. The van der Waals surface area contributed by atoms with Crippen LogP contribution in [0.15, 0.2) is 24.3 Å². The zero-order chi connectivity index (χ0) is 13.8. The fourth-order valence-electron chi connectivity index (χ4n) is 1.79. The predicted molar refractivity (Wildman–Crippen MR) is 64.8 cm³/mol. The molecule has 0 saturated carbocycles. The molecule has 0 aromatic heterocycles. The van der Waals surface area contributed by atoms with Crippen molar-refractivity contribution in [3.63, 3.8) is 0 Å². The molecule has 7 heteroatoms. The molecule has 1 aliphatic rings. The number of non-ortho nitro benzene ring substituents is 1. The van der Waals surface area contributed by atoms with Gasteiger partial charge in [0.05, 0.1) is 18.1 Å². The topological polar surface area (TPSA) is 89.8 Å². The lowest BCUT2D eigenvalue weighted by atomic mass is 10.1. The van der Waals surface area contributed by atoms with Gasteiger partial charge >= 0.3 is 0 Å². The summed E-state index contributed by atoms with van der Waals surface area (Å²) in [6.45, 7) is 1.51. The molecule has 1 amide bonds. The van der Waals surface area contributed by atoms with Gasteiger partial charge in [0.2, 0.25) is 0 Å². The number of ketones is 1. The van der Waals surface area contributed by atoms with Crippen molar-refractivity contribution in [2.75, 3.05) is 26.3 Å². The van der Waals surface area contributed by atoms with E-state index in [0.29, 0.717) is 26.3 Å². The van der Waals surface area contributed by atoms with Crippen molar-refractivity contribution in [2.24, 2.45) is 0 Å². The summed E-state index contributed by atoms with van der Waals surface area (Å²) >= 11 is 0. The largest absolute Gasteiger partial charge is 0.378 e. The van der Waals surface area contributed by atoms with Crippen LogP contribution in [0.2, 0.25) is 0 Å². The third kappa shape index (κ3) is 2.94. The number of Topliss-reactive ketones (excluding diaryl/α,β-unsaturated/α-hetero) is 1. The van der Waals surface area contributed by atoms with Gasteiger partial charge in [-0.25, -0.2) is 0 Å². The van der Waals surface area contributed by atoms with Crippen molar-refractivity contribution in [1.82, 2.24) is 4.90 Å². The maximum absolute atomic E-state index is 12.0. The van der Waals surface area contributed by atoms with E-state index in [1.807, 2.05) is 0 Å². The smallest absolute Gasteiger partial charge is 0.295 e. The van der Waals surface area contributed by atoms with E-state index in [4.69, 9.17) is 4.74 Å². The minimum Gasteiger partial charge on any atom is -0.378 e. The predicted octanol–water partition coefficient (Wildman–Crippen LogP) is 0.636. The Morgan fingerprint density at radius 3 is 2.58 bits per heavy atom. The molecule has 0 N–H and O–H groups in total. The Bertz CT molecular complexity index is 523. The van der Waals surface area contributed by atoms with Gasteiger partial charge in [0, 0.05) is 30.8 Å². The Morgan fingerprint density at radius 1 is 1.26 bits per heavy atom. The van der Waals surface area contributed by atoms with Crippen molar-refractivity contribution in [2.45, 2.75) is 0 Å². The minimum atomic E-state index is -0.731. The fraction of sp³-hybridized carbons (Fsp3) is 0.333. The molecule has 7 nitrogen and oxygen atoms in total. The highest BCUT2D eigenvalue weighted by molar-refractivity contribution is 6.42. The number of benzene rings is 1. The third-order valence-electron chi connectivity index (χ3n) is 2.81. The molecule has 1 aromatic carbocycles. The highest BCUT2D eigenvalue weighted by Crippen LogP contribution is 2.14. The van der Waals surface area contributed by atoms with E-state index in [2.05, 4.69) is 0 Å². The Morgan fingerprint density at radius 2 is 1.95 bits per heavy atom. The lowest BCUT2D eigenvalue weighted by Crippen LogP contribution is -2.44. The van der Waals surface area contributed by atoms with Gasteiger partial charge < -0.3 is 9.64 Å². The van der Waals surface area contributed by atoms with Crippen LogP contribution in [0.25, 0.3) is 0 Å². The van der Waals surface area contributed by atoms with Gasteiger partial charge in [0.25, 0.3) is 17.4 Å². The number of morpholine rings is 1. The molecule has 100 valence electrons. The summed E-state index contributed by atoms with van der Waals surface area (Å²) in [4.78, 5) is 35.3. The van der Waals surface area contributed by atoms with Crippen LogP contribution in [-0.2, 0) is 9.53 Å². The van der Waals surface area contributed by atoms with Crippen molar-refractivity contribution in [3.05, 3.63) is 39.9 Å². The number of nitro benzene ring substituents is 1. The molecule has 0 bridgehead atoms. The Balaban J connectivity index is 2.16. The van der Waals surface area contributed by atoms with Crippen LogP contribution >= 0.6 is 0 Å². The number of hydrogen-bond acceptors (Lipinski definition) is 5. The number of ether oxygens (including phenoxy) is 1. The van der Waals surface area contributed by atoms with E-state index in [1.54, 1.807) is 0 Å². The number of nitrogens with zero attached hydrogens (tertiary/aromatic N) is 2. The number of nitro groups is 1. The quantitative estimate of drug-likeness (QED) is 0.346. The van der Waals surface area contributed by atoms with Crippen LogP contribution in [-0.4, -0.2) is 47.8 Å². The number of carbonyl (C=O) groups is 2. The van der Waals surface area contributed by atoms with E-state index < -0.39 is 16.6 Å². The van der Waals surface area contributed by atoms with Crippen LogP contribution in [0.5, 0.6) is 0 Å². The zero-order valence-corrected chi connectivity index (χ0v) is 10.1. The first-order chi connectivity index (χ1) is 9.09. The van der Waals surface area contributed by atoms with E-state index in [1.165, 1.54) is 23.1 Å². The van der Waals surface area contributed by atoms with Gasteiger partial charge in [0.1, 0.15) is 0 Å².